The van der Waals surface area contributed by atoms with Crippen LogP contribution in [0.4, 0.5) is 10.5 Å². The lowest BCUT2D eigenvalue weighted by atomic mass is 10.1. The molecule has 1 aromatic carbocycles. The zero-order chi connectivity index (χ0) is 12.6. The Morgan fingerprint density at radius 3 is 2.88 bits per heavy atom. The van der Waals surface area contributed by atoms with Gasteiger partial charge in [-0.15, -0.1) is 0 Å². The Kier molecular flexibility index (Phi) is 2.93. The van der Waals surface area contributed by atoms with Crippen LogP contribution in [0.5, 0.6) is 0 Å². The lowest BCUT2D eigenvalue weighted by Crippen LogP contribution is -2.40. The first-order valence-electron chi connectivity index (χ1n) is 5.06. The minimum absolute atomic E-state index is 0.107. The molecule has 1 heterocycles. The number of carbonyl (C=O) groups excluding carboxylic acids is 1. The van der Waals surface area contributed by atoms with Crippen LogP contribution in [0.1, 0.15) is 5.56 Å². The molecule has 0 spiro atoms. The molecule has 0 aromatic heterocycles. The van der Waals surface area contributed by atoms with Crippen molar-refractivity contribution in [2.45, 2.75) is 13.0 Å². The topological polar surface area (TPSA) is 69.6 Å². The van der Waals surface area contributed by atoms with E-state index in [0.29, 0.717) is 10.7 Å². The monoisotopic (exact) mass is 254 g/mol. The zero-order valence-electron chi connectivity index (χ0n) is 9.11. The number of nitrogens with one attached hydrogen (secondary N) is 1. The average Bonchev–Trinajstić information content (AvgIpc) is 2.60. The molecule has 5 nitrogen and oxygen atoms in total. The van der Waals surface area contributed by atoms with Crippen molar-refractivity contribution in [2.75, 3.05) is 11.4 Å². The van der Waals surface area contributed by atoms with Gasteiger partial charge in [-0.25, -0.2) is 9.59 Å². The number of hydrogen-bond acceptors (Lipinski definition) is 2. The number of carboxylic acid groups (broad SMARTS) is 1. The molecule has 90 valence electrons. The van der Waals surface area contributed by atoms with Gasteiger partial charge in [0.1, 0.15) is 0 Å². The molecule has 2 amide bonds. The predicted molar refractivity (Wildman–Crippen MR) is 63.5 cm³/mol. The van der Waals surface area contributed by atoms with Gasteiger partial charge < -0.3 is 10.4 Å². The summed E-state index contributed by atoms with van der Waals surface area (Å²) in [6.07, 6.45) is 0. The van der Waals surface area contributed by atoms with Crippen LogP contribution >= 0.6 is 11.6 Å². The van der Waals surface area contributed by atoms with Gasteiger partial charge in [0.25, 0.3) is 0 Å². The van der Waals surface area contributed by atoms with Gasteiger partial charge in [-0.05, 0) is 30.7 Å². The van der Waals surface area contributed by atoms with Crippen molar-refractivity contribution >= 4 is 29.3 Å². The molecule has 6 heteroatoms. The number of benzene rings is 1. The predicted octanol–water partition coefficient (Wildman–Crippen LogP) is 1.63. The van der Waals surface area contributed by atoms with Gasteiger partial charge in [-0.2, -0.15) is 0 Å². The Labute approximate surface area is 103 Å². The molecule has 17 heavy (non-hydrogen) atoms. The van der Waals surface area contributed by atoms with E-state index < -0.39 is 18.0 Å². The zero-order valence-corrected chi connectivity index (χ0v) is 9.86. The number of anilines is 1. The van der Waals surface area contributed by atoms with Crippen molar-refractivity contribution in [2.24, 2.45) is 0 Å². The highest BCUT2D eigenvalue weighted by molar-refractivity contribution is 6.30. The number of rotatable bonds is 2. The maximum Gasteiger partial charge on any atom is 0.328 e. The number of urea groups is 1. The number of halogens is 1. The molecular formula is C11H11ClN2O3. The summed E-state index contributed by atoms with van der Waals surface area (Å²) < 4.78 is 0. The maximum atomic E-state index is 11.6. The molecular weight excluding hydrogens is 244 g/mol. The van der Waals surface area contributed by atoms with Crippen LogP contribution in [-0.4, -0.2) is 29.7 Å². The van der Waals surface area contributed by atoms with Gasteiger partial charge in [0.15, 0.2) is 6.04 Å². The summed E-state index contributed by atoms with van der Waals surface area (Å²) in [4.78, 5) is 23.9. The smallest absolute Gasteiger partial charge is 0.328 e. The molecule has 2 N–H and O–H groups in total. The second-order valence-electron chi connectivity index (χ2n) is 3.84. The SMILES string of the molecule is Cc1cc(Cl)ccc1N1C(=O)NCC1C(=O)O. The standard InChI is InChI=1S/C11H11ClN2O3/c1-6-4-7(12)2-3-8(6)14-9(10(15)16)5-13-11(14)17/h2-4,9H,5H2,1H3,(H,13,17)(H,15,16). The van der Waals surface area contributed by atoms with E-state index >= 15 is 0 Å². The molecule has 2 rings (SSSR count). The second-order valence-corrected chi connectivity index (χ2v) is 4.28. The summed E-state index contributed by atoms with van der Waals surface area (Å²) in [7, 11) is 0. The number of nitrogens with zero attached hydrogens (tertiary/aromatic N) is 1. The van der Waals surface area contributed by atoms with Gasteiger partial charge in [-0.1, -0.05) is 11.6 Å². The molecule has 0 saturated carbocycles. The number of aliphatic carboxylic acids is 1. The van der Waals surface area contributed by atoms with E-state index in [1.165, 1.54) is 4.90 Å². The molecule has 0 bridgehead atoms. The van der Waals surface area contributed by atoms with Crippen molar-refractivity contribution in [1.29, 1.82) is 0 Å². The number of amides is 2. The van der Waals surface area contributed by atoms with Crippen molar-refractivity contribution in [3.8, 4) is 0 Å². The van der Waals surface area contributed by atoms with E-state index in [0.717, 1.165) is 5.56 Å². The Morgan fingerprint density at radius 1 is 1.59 bits per heavy atom. The number of carboxylic acids is 1. The molecule has 1 aliphatic rings. The Morgan fingerprint density at radius 2 is 2.29 bits per heavy atom. The Balaban J connectivity index is 2.43. The molecule has 1 unspecified atom stereocenters. The molecule has 1 fully saturated rings. The fraction of sp³-hybridized carbons (Fsp3) is 0.273. The normalized spacial score (nSPS) is 19.3. The van der Waals surface area contributed by atoms with Crippen LogP contribution in [0, 0.1) is 6.92 Å². The molecule has 0 radical (unpaired) electrons. The molecule has 1 aromatic rings. The Hall–Kier alpha value is -1.75. The van der Waals surface area contributed by atoms with Gasteiger partial charge >= 0.3 is 12.0 Å². The highest BCUT2D eigenvalue weighted by atomic mass is 35.5. The number of carbonyl (C=O) groups is 2. The quantitative estimate of drug-likeness (QED) is 0.843. The third-order valence-corrected chi connectivity index (χ3v) is 2.92. The summed E-state index contributed by atoms with van der Waals surface area (Å²) >= 11 is 5.82. The van der Waals surface area contributed by atoms with Crippen LogP contribution in [0.2, 0.25) is 5.02 Å². The van der Waals surface area contributed by atoms with Crippen LogP contribution in [0.3, 0.4) is 0 Å². The second kappa shape index (κ2) is 4.25. The van der Waals surface area contributed by atoms with E-state index in [9.17, 15) is 9.59 Å². The Bertz CT molecular complexity index is 490. The van der Waals surface area contributed by atoms with Crippen LogP contribution in [0.15, 0.2) is 18.2 Å². The number of aryl methyl sites for hydroxylation is 1. The number of hydrogen-bond donors (Lipinski definition) is 2. The summed E-state index contributed by atoms with van der Waals surface area (Å²) in [5, 5.41) is 12.1. The highest BCUT2D eigenvalue weighted by Crippen LogP contribution is 2.27. The molecule has 0 aliphatic carbocycles. The van der Waals surface area contributed by atoms with Crippen molar-refractivity contribution in [3.63, 3.8) is 0 Å². The van der Waals surface area contributed by atoms with Gasteiger partial charge in [0.2, 0.25) is 0 Å². The summed E-state index contributed by atoms with van der Waals surface area (Å²) in [6.45, 7) is 1.89. The minimum atomic E-state index is -1.03. The third kappa shape index (κ3) is 2.06. The lowest BCUT2D eigenvalue weighted by Gasteiger charge is -2.21. The summed E-state index contributed by atoms with van der Waals surface area (Å²) in [6, 6.07) is 3.71. The largest absolute Gasteiger partial charge is 0.480 e. The molecule has 1 aliphatic heterocycles. The third-order valence-electron chi connectivity index (χ3n) is 2.68. The first-order valence-corrected chi connectivity index (χ1v) is 5.44. The average molecular weight is 255 g/mol. The van der Waals surface area contributed by atoms with E-state index in [4.69, 9.17) is 16.7 Å². The first kappa shape index (κ1) is 11.7. The lowest BCUT2D eigenvalue weighted by molar-refractivity contribution is -0.137. The van der Waals surface area contributed by atoms with E-state index in [-0.39, 0.29) is 6.54 Å². The fourth-order valence-corrected chi connectivity index (χ4v) is 2.09. The maximum absolute atomic E-state index is 11.6. The van der Waals surface area contributed by atoms with E-state index in [1.54, 1.807) is 25.1 Å². The molecule has 1 atom stereocenters. The van der Waals surface area contributed by atoms with Crippen molar-refractivity contribution in [3.05, 3.63) is 28.8 Å². The van der Waals surface area contributed by atoms with Crippen molar-refractivity contribution in [1.82, 2.24) is 5.32 Å². The summed E-state index contributed by atoms with van der Waals surface area (Å²) in [5.74, 6) is -1.03. The van der Waals surface area contributed by atoms with Crippen LogP contribution in [-0.2, 0) is 4.79 Å². The minimum Gasteiger partial charge on any atom is -0.480 e. The van der Waals surface area contributed by atoms with Crippen LogP contribution < -0.4 is 10.2 Å². The first-order chi connectivity index (χ1) is 8.00. The van der Waals surface area contributed by atoms with Crippen molar-refractivity contribution < 1.29 is 14.7 Å². The van der Waals surface area contributed by atoms with E-state index in [1.807, 2.05) is 0 Å². The van der Waals surface area contributed by atoms with Crippen LogP contribution in [0.25, 0.3) is 0 Å². The fourth-order valence-electron chi connectivity index (χ4n) is 1.87. The van der Waals surface area contributed by atoms with Gasteiger partial charge in [-0.3, -0.25) is 4.90 Å². The van der Waals surface area contributed by atoms with Gasteiger partial charge in [0.05, 0.1) is 6.54 Å². The summed E-state index contributed by atoms with van der Waals surface area (Å²) in [5.41, 5.74) is 1.33. The van der Waals surface area contributed by atoms with E-state index in [2.05, 4.69) is 5.32 Å². The molecule has 1 saturated heterocycles. The van der Waals surface area contributed by atoms with Gasteiger partial charge in [0, 0.05) is 10.7 Å². The highest BCUT2D eigenvalue weighted by Gasteiger charge is 2.37.